The topological polar surface area (TPSA) is 38.9 Å². The van der Waals surface area contributed by atoms with Crippen LogP contribution in [0.25, 0.3) is 11.3 Å². The van der Waals surface area contributed by atoms with Gasteiger partial charge in [0.15, 0.2) is 0 Å². The van der Waals surface area contributed by atoms with Gasteiger partial charge in [-0.2, -0.15) is 0 Å². The van der Waals surface area contributed by atoms with E-state index in [1.165, 1.54) is 12.1 Å². The molecule has 1 heterocycles. The van der Waals surface area contributed by atoms with Gasteiger partial charge in [-0.3, -0.25) is 0 Å². The van der Waals surface area contributed by atoms with Crippen molar-refractivity contribution in [1.29, 1.82) is 0 Å². The number of nitrogens with two attached hydrogens (primary N) is 1. The van der Waals surface area contributed by atoms with E-state index in [2.05, 4.69) is 4.98 Å². The Labute approximate surface area is 129 Å². The third kappa shape index (κ3) is 3.69. The molecule has 5 heteroatoms. The van der Waals surface area contributed by atoms with Crippen molar-refractivity contribution < 1.29 is 4.39 Å². The van der Waals surface area contributed by atoms with Crippen molar-refractivity contribution in [2.75, 3.05) is 6.54 Å². The fourth-order valence-corrected chi connectivity index (χ4v) is 1.98. The van der Waals surface area contributed by atoms with Crippen molar-refractivity contribution in [3.05, 3.63) is 52.9 Å². The van der Waals surface area contributed by atoms with Gasteiger partial charge < -0.3 is 5.73 Å². The molecule has 0 aliphatic carbocycles. The van der Waals surface area contributed by atoms with Gasteiger partial charge in [-0.15, -0.1) is 12.4 Å². The molecule has 0 amide bonds. The second-order valence-corrected chi connectivity index (χ2v) is 5.55. The lowest BCUT2D eigenvalue weighted by Crippen LogP contribution is -2.28. The molecule has 0 unspecified atom stereocenters. The van der Waals surface area contributed by atoms with E-state index in [-0.39, 0.29) is 23.6 Å². The van der Waals surface area contributed by atoms with Crippen molar-refractivity contribution in [3.63, 3.8) is 0 Å². The minimum absolute atomic E-state index is 0. The maximum absolute atomic E-state index is 12.9. The van der Waals surface area contributed by atoms with Gasteiger partial charge in [0, 0.05) is 17.5 Å². The van der Waals surface area contributed by atoms with Crippen LogP contribution in [0.5, 0.6) is 0 Å². The standard InChI is InChI=1S/C15H16ClFN2.ClH/c1-15(2,9-18)11-7-13(19-14(16)8-11)10-3-5-12(17)6-4-10;/h3-8H,9,18H2,1-2H3;1H. The molecule has 2 aromatic rings. The SMILES string of the molecule is CC(C)(CN)c1cc(Cl)nc(-c2ccc(F)cc2)c1.Cl. The molecular weight excluding hydrogens is 298 g/mol. The molecule has 0 spiro atoms. The number of nitrogens with zero attached hydrogens (tertiary/aromatic N) is 1. The summed E-state index contributed by atoms with van der Waals surface area (Å²) in [4.78, 5) is 4.28. The average molecular weight is 315 g/mol. The summed E-state index contributed by atoms with van der Waals surface area (Å²) in [5, 5.41) is 0.415. The lowest BCUT2D eigenvalue weighted by atomic mass is 9.84. The molecule has 2 rings (SSSR count). The number of hydrogen-bond donors (Lipinski definition) is 1. The summed E-state index contributed by atoms with van der Waals surface area (Å²) >= 11 is 6.07. The molecule has 108 valence electrons. The predicted molar refractivity (Wildman–Crippen MR) is 84.0 cm³/mol. The Balaban J connectivity index is 0.00000200. The van der Waals surface area contributed by atoms with Crippen LogP contribution in [-0.2, 0) is 5.41 Å². The average Bonchev–Trinajstić information content (AvgIpc) is 2.39. The zero-order valence-corrected chi connectivity index (χ0v) is 12.9. The van der Waals surface area contributed by atoms with Gasteiger partial charge in [0.05, 0.1) is 5.69 Å². The van der Waals surface area contributed by atoms with Crippen molar-refractivity contribution in [3.8, 4) is 11.3 Å². The van der Waals surface area contributed by atoms with E-state index in [1.807, 2.05) is 26.0 Å². The minimum Gasteiger partial charge on any atom is -0.330 e. The highest BCUT2D eigenvalue weighted by Crippen LogP contribution is 2.28. The van der Waals surface area contributed by atoms with Gasteiger partial charge in [-0.25, -0.2) is 9.37 Å². The largest absolute Gasteiger partial charge is 0.330 e. The van der Waals surface area contributed by atoms with Crippen LogP contribution in [-0.4, -0.2) is 11.5 Å². The first-order chi connectivity index (χ1) is 8.92. The maximum atomic E-state index is 12.9. The zero-order valence-electron chi connectivity index (χ0n) is 11.4. The molecule has 0 bridgehead atoms. The van der Waals surface area contributed by atoms with Crippen LogP contribution < -0.4 is 5.73 Å². The second-order valence-electron chi connectivity index (χ2n) is 5.16. The Morgan fingerprint density at radius 3 is 2.35 bits per heavy atom. The minimum atomic E-state index is -0.270. The lowest BCUT2D eigenvalue weighted by molar-refractivity contribution is 0.538. The molecule has 0 saturated heterocycles. The number of pyridine rings is 1. The van der Waals surface area contributed by atoms with Crippen LogP contribution in [0.4, 0.5) is 4.39 Å². The number of hydrogen-bond acceptors (Lipinski definition) is 2. The molecule has 1 aromatic carbocycles. The Morgan fingerprint density at radius 2 is 1.80 bits per heavy atom. The Bertz CT molecular complexity index is 583. The first kappa shape index (κ1) is 16.9. The molecule has 0 aliphatic rings. The Morgan fingerprint density at radius 1 is 1.20 bits per heavy atom. The zero-order chi connectivity index (χ0) is 14.0. The van der Waals surface area contributed by atoms with Crippen molar-refractivity contribution in [1.82, 2.24) is 4.98 Å². The molecule has 0 fully saturated rings. The number of halogens is 3. The van der Waals surface area contributed by atoms with Gasteiger partial charge in [-0.05, 0) is 42.0 Å². The summed E-state index contributed by atoms with van der Waals surface area (Å²) in [6.07, 6.45) is 0. The van der Waals surface area contributed by atoms with Crippen LogP contribution in [0.15, 0.2) is 36.4 Å². The van der Waals surface area contributed by atoms with Crippen LogP contribution in [0, 0.1) is 5.82 Å². The Kier molecular flexibility index (Phi) is 5.51. The van der Waals surface area contributed by atoms with E-state index in [0.717, 1.165) is 16.8 Å². The summed E-state index contributed by atoms with van der Waals surface area (Å²) in [5.41, 5.74) is 8.18. The van der Waals surface area contributed by atoms with E-state index in [1.54, 1.807) is 12.1 Å². The van der Waals surface area contributed by atoms with Crippen LogP contribution in [0.2, 0.25) is 5.15 Å². The normalized spacial score (nSPS) is 11.1. The van der Waals surface area contributed by atoms with Crippen molar-refractivity contribution >= 4 is 24.0 Å². The van der Waals surface area contributed by atoms with Gasteiger partial charge in [0.25, 0.3) is 0 Å². The second kappa shape index (κ2) is 6.53. The highest BCUT2D eigenvalue weighted by molar-refractivity contribution is 6.29. The van der Waals surface area contributed by atoms with Gasteiger partial charge in [0.1, 0.15) is 11.0 Å². The highest BCUT2D eigenvalue weighted by atomic mass is 35.5. The van der Waals surface area contributed by atoms with Crippen LogP contribution >= 0.6 is 24.0 Å². The molecule has 20 heavy (non-hydrogen) atoms. The maximum Gasteiger partial charge on any atom is 0.130 e. The van der Waals surface area contributed by atoms with E-state index < -0.39 is 0 Å². The summed E-state index contributed by atoms with van der Waals surface area (Å²) < 4.78 is 12.9. The van der Waals surface area contributed by atoms with Gasteiger partial charge in [0.2, 0.25) is 0 Å². The summed E-state index contributed by atoms with van der Waals surface area (Å²) in [6, 6.07) is 9.96. The van der Waals surface area contributed by atoms with Gasteiger partial charge >= 0.3 is 0 Å². The molecule has 0 saturated carbocycles. The first-order valence-electron chi connectivity index (χ1n) is 6.06. The summed E-state index contributed by atoms with van der Waals surface area (Å²) in [7, 11) is 0. The molecule has 2 N–H and O–H groups in total. The predicted octanol–water partition coefficient (Wildman–Crippen LogP) is 4.20. The third-order valence-corrected chi connectivity index (χ3v) is 3.42. The molecule has 0 aliphatic heterocycles. The number of rotatable bonds is 3. The molecule has 0 atom stereocenters. The van der Waals surface area contributed by atoms with Crippen LogP contribution in [0.1, 0.15) is 19.4 Å². The molecule has 2 nitrogen and oxygen atoms in total. The number of benzene rings is 1. The fraction of sp³-hybridized carbons (Fsp3) is 0.267. The summed E-state index contributed by atoms with van der Waals surface area (Å²) in [5.74, 6) is -0.270. The number of aromatic nitrogens is 1. The molecular formula is C15H17Cl2FN2. The Hall–Kier alpha value is -1.16. The third-order valence-electron chi connectivity index (χ3n) is 3.23. The summed E-state index contributed by atoms with van der Waals surface area (Å²) in [6.45, 7) is 4.61. The molecule has 0 radical (unpaired) electrons. The smallest absolute Gasteiger partial charge is 0.130 e. The van der Waals surface area contributed by atoms with Gasteiger partial charge in [-0.1, -0.05) is 25.4 Å². The van der Waals surface area contributed by atoms with Crippen molar-refractivity contribution in [2.45, 2.75) is 19.3 Å². The van der Waals surface area contributed by atoms with E-state index >= 15 is 0 Å². The highest BCUT2D eigenvalue weighted by Gasteiger charge is 2.20. The fourth-order valence-electron chi connectivity index (χ4n) is 1.77. The first-order valence-corrected chi connectivity index (χ1v) is 6.44. The van der Waals surface area contributed by atoms with Crippen LogP contribution in [0.3, 0.4) is 0 Å². The monoisotopic (exact) mass is 314 g/mol. The molecule has 1 aromatic heterocycles. The van der Waals surface area contributed by atoms with Crippen molar-refractivity contribution in [2.24, 2.45) is 5.73 Å². The van der Waals surface area contributed by atoms with E-state index in [4.69, 9.17) is 17.3 Å². The lowest BCUT2D eigenvalue weighted by Gasteiger charge is -2.23. The van der Waals surface area contributed by atoms with E-state index in [9.17, 15) is 4.39 Å². The quantitative estimate of drug-likeness (QED) is 0.862. The van der Waals surface area contributed by atoms with E-state index in [0.29, 0.717) is 11.7 Å².